The normalized spacial score (nSPS) is 23.3. The van der Waals surface area contributed by atoms with Crippen molar-refractivity contribution in [2.24, 2.45) is 0 Å². The van der Waals surface area contributed by atoms with Gasteiger partial charge in [0.2, 0.25) is 0 Å². The van der Waals surface area contributed by atoms with Crippen LogP contribution in [0.1, 0.15) is 17.9 Å². The van der Waals surface area contributed by atoms with Crippen molar-refractivity contribution in [2.45, 2.75) is 12.3 Å². The molecular weight excluding hydrogens is 168 g/mol. The van der Waals surface area contributed by atoms with E-state index in [1.165, 1.54) is 16.7 Å². The first-order valence-corrected chi connectivity index (χ1v) is 5.09. The lowest BCUT2D eigenvalue weighted by molar-refractivity contribution is 0.864. The summed E-state index contributed by atoms with van der Waals surface area (Å²) in [6, 6.07) is 10.8. The first kappa shape index (κ1) is 7.81. The fraction of sp³-hybridized carbons (Fsp3) is 0.143. The molecule has 1 aromatic rings. The number of rotatable bonds is 1. The molecule has 0 spiro atoms. The second kappa shape index (κ2) is 2.98. The molecule has 0 radical (unpaired) electrons. The summed E-state index contributed by atoms with van der Waals surface area (Å²) in [5.41, 5.74) is 4.36. The Morgan fingerprint density at radius 2 is 1.93 bits per heavy atom. The molecule has 2 aliphatic carbocycles. The van der Waals surface area contributed by atoms with Crippen LogP contribution in [-0.4, -0.2) is 0 Å². The number of fused-ring (bicyclic) bond motifs is 1. The van der Waals surface area contributed by atoms with Crippen LogP contribution in [0, 0.1) is 0 Å². The third kappa shape index (κ3) is 1.07. The molecule has 0 saturated heterocycles. The van der Waals surface area contributed by atoms with Crippen LogP contribution in [0.15, 0.2) is 65.8 Å². The molecule has 0 aromatic heterocycles. The molecule has 0 saturated carbocycles. The Bertz CT molecular complexity index is 432. The summed E-state index contributed by atoms with van der Waals surface area (Å²) in [6.45, 7) is 0. The van der Waals surface area contributed by atoms with Crippen LogP contribution in [-0.2, 0) is 0 Å². The van der Waals surface area contributed by atoms with Gasteiger partial charge in [0.05, 0.1) is 0 Å². The van der Waals surface area contributed by atoms with Gasteiger partial charge in [-0.15, -0.1) is 0 Å². The average Bonchev–Trinajstić information content (AvgIpc) is 2.79. The first-order chi connectivity index (χ1) is 6.95. The van der Waals surface area contributed by atoms with Crippen molar-refractivity contribution in [3.8, 4) is 0 Å². The fourth-order valence-corrected chi connectivity index (χ4v) is 2.32. The second-order valence-electron chi connectivity index (χ2n) is 3.84. The third-order valence-electron chi connectivity index (χ3n) is 3.04. The van der Waals surface area contributed by atoms with E-state index in [0.717, 1.165) is 6.42 Å². The molecule has 0 heterocycles. The Kier molecular flexibility index (Phi) is 1.66. The summed E-state index contributed by atoms with van der Waals surface area (Å²) >= 11 is 0. The Morgan fingerprint density at radius 3 is 2.79 bits per heavy atom. The lowest BCUT2D eigenvalue weighted by Gasteiger charge is -2.12. The molecule has 1 aromatic carbocycles. The molecule has 0 fully saturated rings. The zero-order valence-corrected chi connectivity index (χ0v) is 7.98. The van der Waals surface area contributed by atoms with Crippen molar-refractivity contribution in [1.82, 2.24) is 0 Å². The highest BCUT2D eigenvalue weighted by Crippen LogP contribution is 2.41. The van der Waals surface area contributed by atoms with Gasteiger partial charge < -0.3 is 0 Å². The number of benzene rings is 1. The zero-order valence-electron chi connectivity index (χ0n) is 7.98. The first-order valence-electron chi connectivity index (χ1n) is 5.09. The standard InChI is InChI=1S/C14H12/c1-2-5-11(6-3-1)14-10-9-12-7-4-8-13(12)14/h1-9,14H,10H2/t14-/m0/s1. The van der Waals surface area contributed by atoms with E-state index in [1.54, 1.807) is 0 Å². The molecule has 0 amide bonds. The van der Waals surface area contributed by atoms with Crippen LogP contribution in [0.25, 0.3) is 0 Å². The maximum absolute atomic E-state index is 2.34. The van der Waals surface area contributed by atoms with E-state index in [4.69, 9.17) is 0 Å². The lowest BCUT2D eigenvalue weighted by atomic mass is 9.92. The monoisotopic (exact) mass is 180 g/mol. The highest BCUT2D eigenvalue weighted by molar-refractivity contribution is 5.57. The molecule has 1 atom stereocenters. The number of hydrogen-bond acceptors (Lipinski definition) is 0. The molecule has 0 aliphatic heterocycles. The van der Waals surface area contributed by atoms with Gasteiger partial charge in [-0.25, -0.2) is 0 Å². The summed E-state index contributed by atoms with van der Waals surface area (Å²) < 4.78 is 0. The summed E-state index contributed by atoms with van der Waals surface area (Å²) in [7, 11) is 0. The minimum Gasteiger partial charge on any atom is -0.0760 e. The zero-order chi connectivity index (χ0) is 9.38. The minimum atomic E-state index is 0.598. The highest BCUT2D eigenvalue weighted by atomic mass is 14.3. The summed E-state index contributed by atoms with van der Waals surface area (Å²) in [5, 5.41) is 0. The Balaban J connectivity index is 1.98. The Morgan fingerprint density at radius 1 is 1.07 bits per heavy atom. The van der Waals surface area contributed by atoms with E-state index in [-0.39, 0.29) is 0 Å². The molecule has 68 valence electrons. The van der Waals surface area contributed by atoms with Crippen LogP contribution < -0.4 is 0 Å². The average molecular weight is 180 g/mol. The van der Waals surface area contributed by atoms with E-state index >= 15 is 0 Å². The van der Waals surface area contributed by atoms with Crippen molar-refractivity contribution >= 4 is 0 Å². The predicted octanol–water partition coefficient (Wildman–Crippen LogP) is 3.60. The Hall–Kier alpha value is -1.56. The predicted molar refractivity (Wildman–Crippen MR) is 59.1 cm³/mol. The van der Waals surface area contributed by atoms with Gasteiger partial charge in [0.25, 0.3) is 0 Å². The molecule has 0 nitrogen and oxygen atoms in total. The smallest absolute Gasteiger partial charge is 0.0130 e. The topological polar surface area (TPSA) is 0 Å². The van der Waals surface area contributed by atoms with Crippen LogP contribution in [0.5, 0.6) is 0 Å². The summed E-state index contributed by atoms with van der Waals surface area (Å²) in [6.07, 6.45) is 10.1. The SMILES string of the molecule is C1=CC2=CC[C@@H](c3ccccc3)C2=C1. The molecule has 0 heteroatoms. The van der Waals surface area contributed by atoms with Gasteiger partial charge >= 0.3 is 0 Å². The van der Waals surface area contributed by atoms with Crippen molar-refractivity contribution in [3.63, 3.8) is 0 Å². The van der Waals surface area contributed by atoms with Gasteiger partial charge in [0, 0.05) is 5.92 Å². The van der Waals surface area contributed by atoms with Gasteiger partial charge in [0.15, 0.2) is 0 Å². The second-order valence-corrected chi connectivity index (χ2v) is 3.84. The van der Waals surface area contributed by atoms with Crippen molar-refractivity contribution in [3.05, 3.63) is 71.3 Å². The maximum Gasteiger partial charge on any atom is 0.0130 e. The van der Waals surface area contributed by atoms with Gasteiger partial charge in [-0.1, -0.05) is 54.6 Å². The van der Waals surface area contributed by atoms with Crippen molar-refractivity contribution in [2.75, 3.05) is 0 Å². The molecule has 0 N–H and O–H groups in total. The third-order valence-corrected chi connectivity index (χ3v) is 3.04. The summed E-state index contributed by atoms with van der Waals surface area (Å²) in [4.78, 5) is 0. The Labute approximate surface area is 84.3 Å². The molecule has 3 rings (SSSR count). The van der Waals surface area contributed by atoms with Crippen molar-refractivity contribution < 1.29 is 0 Å². The molecule has 0 bridgehead atoms. The highest BCUT2D eigenvalue weighted by Gasteiger charge is 2.24. The molecular formula is C14H12. The van der Waals surface area contributed by atoms with Crippen LogP contribution in [0.2, 0.25) is 0 Å². The summed E-state index contributed by atoms with van der Waals surface area (Å²) in [5.74, 6) is 0.598. The van der Waals surface area contributed by atoms with Crippen LogP contribution in [0.3, 0.4) is 0 Å². The van der Waals surface area contributed by atoms with Gasteiger partial charge in [-0.05, 0) is 23.1 Å². The van der Waals surface area contributed by atoms with Gasteiger partial charge in [-0.3, -0.25) is 0 Å². The fourth-order valence-electron chi connectivity index (χ4n) is 2.32. The lowest BCUT2D eigenvalue weighted by Crippen LogP contribution is -1.95. The largest absolute Gasteiger partial charge is 0.0760 e. The van der Waals surface area contributed by atoms with Crippen LogP contribution >= 0.6 is 0 Å². The molecule has 14 heavy (non-hydrogen) atoms. The van der Waals surface area contributed by atoms with E-state index in [9.17, 15) is 0 Å². The molecule has 2 aliphatic rings. The van der Waals surface area contributed by atoms with Gasteiger partial charge in [-0.2, -0.15) is 0 Å². The van der Waals surface area contributed by atoms with E-state index in [0.29, 0.717) is 5.92 Å². The van der Waals surface area contributed by atoms with E-state index < -0.39 is 0 Å². The van der Waals surface area contributed by atoms with Crippen LogP contribution in [0.4, 0.5) is 0 Å². The van der Waals surface area contributed by atoms with E-state index in [2.05, 4.69) is 54.6 Å². The van der Waals surface area contributed by atoms with Gasteiger partial charge in [0.1, 0.15) is 0 Å². The van der Waals surface area contributed by atoms with E-state index in [1.807, 2.05) is 0 Å². The number of allylic oxidation sites excluding steroid dienone is 6. The maximum atomic E-state index is 2.34. The molecule has 0 unspecified atom stereocenters. The van der Waals surface area contributed by atoms with Crippen molar-refractivity contribution in [1.29, 1.82) is 0 Å². The minimum absolute atomic E-state index is 0.598. The quantitative estimate of drug-likeness (QED) is 0.619. The number of hydrogen-bond donors (Lipinski definition) is 0.